The highest BCUT2D eigenvalue weighted by Crippen LogP contribution is 2.20. The standard InChI is InChI=1S/C13H25N3O3S.ClH/c1-13(2,20(3,18)19)12(17)16-8-6-15(7-9-16)11-4-5-14-10-11;/h11,14H,4-10H2,1-3H3;1H. The fraction of sp³-hybridized carbons (Fsp3) is 0.923. The van der Waals surface area contributed by atoms with Crippen molar-refractivity contribution in [1.82, 2.24) is 15.1 Å². The minimum atomic E-state index is -3.39. The molecule has 2 aliphatic heterocycles. The molecular weight excluding hydrogens is 314 g/mol. The van der Waals surface area contributed by atoms with Crippen LogP contribution >= 0.6 is 12.4 Å². The summed E-state index contributed by atoms with van der Waals surface area (Å²) in [5.41, 5.74) is 0. The first-order chi connectivity index (χ1) is 9.23. The maximum atomic E-state index is 12.4. The van der Waals surface area contributed by atoms with Crippen molar-refractivity contribution in [1.29, 1.82) is 0 Å². The van der Waals surface area contributed by atoms with Crippen molar-refractivity contribution in [2.45, 2.75) is 31.1 Å². The molecule has 2 heterocycles. The van der Waals surface area contributed by atoms with Crippen LogP contribution in [0.15, 0.2) is 0 Å². The van der Waals surface area contributed by atoms with Crippen molar-refractivity contribution < 1.29 is 13.2 Å². The molecule has 0 radical (unpaired) electrons. The van der Waals surface area contributed by atoms with Gasteiger partial charge in [-0.15, -0.1) is 12.4 Å². The van der Waals surface area contributed by atoms with Crippen LogP contribution in [0.4, 0.5) is 0 Å². The van der Waals surface area contributed by atoms with Gasteiger partial charge in [-0.05, 0) is 26.8 Å². The van der Waals surface area contributed by atoms with Gasteiger partial charge in [-0.1, -0.05) is 0 Å². The minimum absolute atomic E-state index is 0. The molecule has 21 heavy (non-hydrogen) atoms. The quantitative estimate of drug-likeness (QED) is 0.767. The van der Waals surface area contributed by atoms with Gasteiger partial charge in [0.05, 0.1) is 0 Å². The maximum absolute atomic E-state index is 12.4. The van der Waals surface area contributed by atoms with Crippen LogP contribution < -0.4 is 5.32 Å². The number of piperazine rings is 1. The Labute approximate surface area is 133 Å². The summed E-state index contributed by atoms with van der Waals surface area (Å²) in [4.78, 5) is 16.5. The fourth-order valence-electron chi connectivity index (χ4n) is 2.78. The van der Waals surface area contributed by atoms with E-state index in [1.165, 1.54) is 13.8 Å². The number of nitrogens with one attached hydrogen (secondary N) is 1. The van der Waals surface area contributed by atoms with Crippen LogP contribution in [0, 0.1) is 0 Å². The van der Waals surface area contributed by atoms with Crippen LogP contribution in [0.3, 0.4) is 0 Å². The predicted molar refractivity (Wildman–Crippen MR) is 85.6 cm³/mol. The summed E-state index contributed by atoms with van der Waals surface area (Å²) in [5, 5.41) is 3.35. The molecular formula is C13H26ClN3O3S. The number of hydrogen-bond donors (Lipinski definition) is 1. The topological polar surface area (TPSA) is 69.7 Å². The van der Waals surface area contributed by atoms with E-state index < -0.39 is 14.6 Å². The molecule has 0 aromatic rings. The Morgan fingerprint density at radius 1 is 1.19 bits per heavy atom. The Kier molecular flexibility index (Phi) is 6.06. The lowest BCUT2D eigenvalue weighted by Crippen LogP contribution is -2.57. The van der Waals surface area contributed by atoms with Crippen molar-refractivity contribution >= 4 is 28.2 Å². The Bertz CT molecular complexity index is 467. The van der Waals surface area contributed by atoms with Crippen molar-refractivity contribution in [3.63, 3.8) is 0 Å². The van der Waals surface area contributed by atoms with Crippen molar-refractivity contribution in [3.8, 4) is 0 Å². The molecule has 0 aromatic carbocycles. The molecule has 1 amide bonds. The Morgan fingerprint density at radius 3 is 2.19 bits per heavy atom. The molecule has 0 aliphatic carbocycles. The second kappa shape index (κ2) is 6.81. The number of hydrogen-bond acceptors (Lipinski definition) is 5. The first-order valence-corrected chi connectivity index (χ1v) is 9.06. The fourth-order valence-corrected chi connectivity index (χ4v) is 3.23. The number of rotatable bonds is 3. The Hall–Kier alpha value is -0.370. The summed E-state index contributed by atoms with van der Waals surface area (Å²) >= 11 is 0. The second-order valence-corrected chi connectivity index (χ2v) is 8.82. The predicted octanol–water partition coefficient (Wildman–Crippen LogP) is -0.262. The third kappa shape index (κ3) is 3.88. The zero-order chi connectivity index (χ0) is 15.0. The molecule has 2 saturated heterocycles. The molecule has 2 rings (SSSR count). The second-order valence-electron chi connectivity index (χ2n) is 6.26. The van der Waals surface area contributed by atoms with Gasteiger partial charge in [0, 0.05) is 45.0 Å². The SMILES string of the molecule is CC(C)(C(=O)N1CCN(C2CCNC2)CC1)S(C)(=O)=O.Cl. The molecule has 1 unspecified atom stereocenters. The zero-order valence-electron chi connectivity index (χ0n) is 13.0. The number of nitrogens with zero attached hydrogens (tertiary/aromatic N) is 2. The highest BCUT2D eigenvalue weighted by molar-refractivity contribution is 7.92. The van der Waals surface area contributed by atoms with Crippen molar-refractivity contribution in [2.24, 2.45) is 0 Å². The average molecular weight is 340 g/mol. The van der Waals surface area contributed by atoms with Gasteiger partial charge in [-0.2, -0.15) is 0 Å². The van der Waals surface area contributed by atoms with E-state index in [2.05, 4.69) is 10.2 Å². The van der Waals surface area contributed by atoms with Crippen LogP contribution in [-0.2, 0) is 14.6 Å². The minimum Gasteiger partial charge on any atom is -0.339 e. The van der Waals surface area contributed by atoms with Gasteiger partial charge >= 0.3 is 0 Å². The molecule has 1 N–H and O–H groups in total. The molecule has 8 heteroatoms. The van der Waals surface area contributed by atoms with Gasteiger partial charge < -0.3 is 10.2 Å². The Balaban J connectivity index is 0.00000220. The molecule has 124 valence electrons. The summed E-state index contributed by atoms with van der Waals surface area (Å²) in [6, 6.07) is 0.565. The summed E-state index contributed by atoms with van der Waals surface area (Å²) in [5.74, 6) is -0.274. The molecule has 1 atom stereocenters. The lowest BCUT2D eigenvalue weighted by atomic mass is 10.1. The number of halogens is 1. The molecule has 0 spiro atoms. The van der Waals surface area contributed by atoms with Crippen LogP contribution in [0.25, 0.3) is 0 Å². The summed E-state index contributed by atoms with van der Waals surface area (Å²) in [7, 11) is -3.39. The molecule has 2 aliphatic rings. The molecule has 2 fully saturated rings. The number of carbonyl (C=O) groups is 1. The lowest BCUT2D eigenvalue weighted by molar-refractivity contribution is -0.135. The van der Waals surface area contributed by atoms with E-state index in [0.29, 0.717) is 19.1 Å². The molecule has 6 nitrogen and oxygen atoms in total. The van der Waals surface area contributed by atoms with E-state index in [9.17, 15) is 13.2 Å². The molecule has 0 aromatic heterocycles. The summed E-state index contributed by atoms with van der Waals surface area (Å²) in [6.45, 7) is 7.97. The smallest absolute Gasteiger partial charge is 0.243 e. The molecule has 0 bridgehead atoms. The highest BCUT2D eigenvalue weighted by Gasteiger charge is 2.42. The largest absolute Gasteiger partial charge is 0.339 e. The van der Waals surface area contributed by atoms with Gasteiger partial charge in [-0.3, -0.25) is 9.69 Å². The third-order valence-corrected chi connectivity index (χ3v) is 6.62. The highest BCUT2D eigenvalue weighted by atomic mass is 35.5. The average Bonchev–Trinajstić information content (AvgIpc) is 2.90. The van der Waals surface area contributed by atoms with Crippen LogP contribution in [0.1, 0.15) is 20.3 Å². The first kappa shape index (κ1) is 18.7. The van der Waals surface area contributed by atoms with Crippen molar-refractivity contribution in [2.75, 3.05) is 45.5 Å². The van der Waals surface area contributed by atoms with E-state index in [-0.39, 0.29) is 18.3 Å². The number of sulfone groups is 1. The Morgan fingerprint density at radius 2 is 1.76 bits per heavy atom. The summed E-state index contributed by atoms with van der Waals surface area (Å²) < 4.78 is 22.2. The van der Waals surface area contributed by atoms with E-state index in [1.54, 1.807) is 4.90 Å². The number of carbonyl (C=O) groups excluding carboxylic acids is 1. The third-order valence-electron chi connectivity index (χ3n) is 4.59. The van der Waals surface area contributed by atoms with Crippen LogP contribution in [-0.4, -0.2) is 80.4 Å². The maximum Gasteiger partial charge on any atom is 0.243 e. The zero-order valence-corrected chi connectivity index (χ0v) is 14.6. The summed E-state index contributed by atoms with van der Waals surface area (Å²) in [6.07, 6.45) is 2.29. The van der Waals surface area contributed by atoms with Gasteiger partial charge in [0.25, 0.3) is 0 Å². The van der Waals surface area contributed by atoms with E-state index >= 15 is 0 Å². The van der Waals surface area contributed by atoms with Gasteiger partial charge in [0.1, 0.15) is 4.75 Å². The van der Waals surface area contributed by atoms with Crippen LogP contribution in [0.5, 0.6) is 0 Å². The van der Waals surface area contributed by atoms with Gasteiger partial charge in [0.2, 0.25) is 5.91 Å². The van der Waals surface area contributed by atoms with Crippen molar-refractivity contribution in [3.05, 3.63) is 0 Å². The lowest BCUT2D eigenvalue weighted by Gasteiger charge is -2.40. The van der Waals surface area contributed by atoms with E-state index in [1.807, 2.05) is 0 Å². The van der Waals surface area contributed by atoms with E-state index in [0.717, 1.165) is 38.9 Å². The van der Waals surface area contributed by atoms with E-state index in [4.69, 9.17) is 0 Å². The van der Waals surface area contributed by atoms with Crippen LogP contribution in [0.2, 0.25) is 0 Å². The van der Waals surface area contributed by atoms with Gasteiger partial charge in [-0.25, -0.2) is 8.42 Å². The van der Waals surface area contributed by atoms with Gasteiger partial charge in [0.15, 0.2) is 9.84 Å². The molecule has 0 saturated carbocycles. The number of amides is 1. The normalized spacial score (nSPS) is 24.7. The monoisotopic (exact) mass is 339 g/mol. The first-order valence-electron chi connectivity index (χ1n) is 7.17.